The summed E-state index contributed by atoms with van der Waals surface area (Å²) >= 11 is 0. The quantitative estimate of drug-likeness (QED) is 0.551. The van der Waals surface area contributed by atoms with Gasteiger partial charge >= 0.3 is 0 Å². The number of hydrogen-bond acceptors (Lipinski definition) is 4. The molecule has 0 bridgehead atoms. The molecule has 0 aliphatic heterocycles. The van der Waals surface area contributed by atoms with Crippen LogP contribution in [0.4, 0.5) is 18.9 Å². The highest BCUT2D eigenvalue weighted by atomic mass is 19.2. The maximum Gasteiger partial charge on any atom is 0.242 e. The average molecular weight is 388 g/mol. The Morgan fingerprint density at radius 2 is 1.70 bits per heavy atom. The number of carbonyl (C=O) groups excluding carboxylic acids is 3. The molecule has 0 aromatic heterocycles. The van der Waals surface area contributed by atoms with Gasteiger partial charge in [-0.1, -0.05) is 6.92 Å². The van der Waals surface area contributed by atoms with Crippen LogP contribution in [0.15, 0.2) is 12.1 Å². The lowest BCUT2D eigenvalue weighted by Gasteiger charge is -2.18. The van der Waals surface area contributed by atoms with Crippen molar-refractivity contribution in [2.75, 3.05) is 32.0 Å². The summed E-state index contributed by atoms with van der Waals surface area (Å²) in [5.41, 5.74) is -0.502. The largest absolute Gasteiger partial charge is 0.354 e. The van der Waals surface area contributed by atoms with Gasteiger partial charge in [-0.3, -0.25) is 19.3 Å². The van der Waals surface area contributed by atoms with Crippen LogP contribution in [0.3, 0.4) is 0 Å². The predicted octanol–water partition coefficient (Wildman–Crippen LogP) is 1.01. The Balaban J connectivity index is 2.48. The Kier molecular flexibility index (Phi) is 8.73. The van der Waals surface area contributed by atoms with Gasteiger partial charge in [0.15, 0.2) is 17.5 Å². The average Bonchev–Trinajstić information content (AvgIpc) is 2.59. The van der Waals surface area contributed by atoms with Gasteiger partial charge in [-0.2, -0.15) is 0 Å². The number of rotatable bonds is 9. The molecule has 0 saturated carbocycles. The molecule has 0 heterocycles. The van der Waals surface area contributed by atoms with Crippen LogP contribution in [0.1, 0.15) is 20.3 Å². The SMILES string of the molecule is CCCNC(=O)[C@H](C)NC(=O)CN(C)CC(=O)Nc1ccc(F)c(F)c1F. The molecule has 3 amide bonds. The van der Waals surface area contributed by atoms with Crippen molar-refractivity contribution in [1.29, 1.82) is 0 Å². The number of anilines is 1. The summed E-state index contributed by atoms with van der Waals surface area (Å²) < 4.78 is 39.5. The van der Waals surface area contributed by atoms with E-state index in [1.165, 1.54) is 18.9 Å². The van der Waals surface area contributed by atoms with Gasteiger partial charge in [0.2, 0.25) is 17.7 Å². The minimum Gasteiger partial charge on any atom is -0.354 e. The van der Waals surface area contributed by atoms with Crippen LogP contribution in [0.25, 0.3) is 0 Å². The second-order valence-electron chi connectivity index (χ2n) is 6.02. The Labute approximate surface area is 155 Å². The summed E-state index contributed by atoms with van der Waals surface area (Å²) in [6, 6.07) is 0.855. The van der Waals surface area contributed by atoms with Crippen LogP contribution >= 0.6 is 0 Å². The van der Waals surface area contributed by atoms with Crippen molar-refractivity contribution in [3.05, 3.63) is 29.6 Å². The normalized spacial score (nSPS) is 11.8. The van der Waals surface area contributed by atoms with E-state index in [2.05, 4.69) is 16.0 Å². The lowest BCUT2D eigenvalue weighted by atomic mass is 10.2. The third-order valence-corrected chi connectivity index (χ3v) is 3.46. The minimum atomic E-state index is -1.68. The highest BCUT2D eigenvalue weighted by Crippen LogP contribution is 2.19. The van der Waals surface area contributed by atoms with Gasteiger partial charge in [-0.05, 0) is 32.5 Å². The summed E-state index contributed by atoms with van der Waals surface area (Å²) in [6.45, 7) is 3.43. The molecule has 1 aromatic carbocycles. The van der Waals surface area contributed by atoms with E-state index in [9.17, 15) is 27.6 Å². The summed E-state index contributed by atoms with van der Waals surface area (Å²) in [6.07, 6.45) is 0.767. The number of nitrogens with zero attached hydrogens (tertiary/aromatic N) is 1. The minimum absolute atomic E-state index is 0.195. The number of nitrogens with one attached hydrogen (secondary N) is 3. The van der Waals surface area contributed by atoms with Gasteiger partial charge in [0.1, 0.15) is 6.04 Å². The molecule has 0 fully saturated rings. The monoisotopic (exact) mass is 388 g/mol. The first-order valence-electron chi connectivity index (χ1n) is 8.34. The molecule has 7 nitrogen and oxygen atoms in total. The third kappa shape index (κ3) is 7.26. The predicted molar refractivity (Wildman–Crippen MR) is 93.3 cm³/mol. The van der Waals surface area contributed by atoms with Crippen LogP contribution in [-0.2, 0) is 14.4 Å². The van der Waals surface area contributed by atoms with Crippen LogP contribution in [-0.4, -0.2) is 55.3 Å². The summed E-state index contributed by atoms with van der Waals surface area (Å²) in [5.74, 6) is -6.07. The molecule has 3 N–H and O–H groups in total. The first kappa shape index (κ1) is 22.4. The van der Waals surface area contributed by atoms with Gasteiger partial charge < -0.3 is 16.0 Å². The molecule has 1 aromatic rings. The third-order valence-electron chi connectivity index (χ3n) is 3.46. The molecule has 27 heavy (non-hydrogen) atoms. The zero-order chi connectivity index (χ0) is 20.6. The molecule has 0 aliphatic carbocycles. The molecular weight excluding hydrogens is 365 g/mol. The summed E-state index contributed by atoms with van der Waals surface area (Å²) in [4.78, 5) is 36.8. The van der Waals surface area contributed by atoms with E-state index < -0.39 is 41.0 Å². The highest BCUT2D eigenvalue weighted by Gasteiger charge is 2.18. The van der Waals surface area contributed by atoms with Crippen LogP contribution < -0.4 is 16.0 Å². The molecule has 10 heteroatoms. The first-order chi connectivity index (χ1) is 12.6. The Bertz CT molecular complexity index is 700. The first-order valence-corrected chi connectivity index (χ1v) is 8.34. The number of likely N-dealkylation sites (N-methyl/N-ethyl adjacent to an activating group) is 1. The highest BCUT2D eigenvalue weighted by molar-refractivity contribution is 5.93. The van der Waals surface area contributed by atoms with Crippen molar-refractivity contribution >= 4 is 23.4 Å². The number of amides is 3. The van der Waals surface area contributed by atoms with Gasteiger partial charge in [0.25, 0.3) is 0 Å². The lowest BCUT2D eigenvalue weighted by molar-refractivity contribution is -0.129. The summed E-state index contributed by atoms with van der Waals surface area (Å²) in [7, 11) is 1.46. The van der Waals surface area contributed by atoms with E-state index in [1.807, 2.05) is 6.92 Å². The fourth-order valence-corrected chi connectivity index (χ4v) is 2.11. The van der Waals surface area contributed by atoms with Crippen molar-refractivity contribution in [3.8, 4) is 0 Å². The van der Waals surface area contributed by atoms with Gasteiger partial charge in [-0.15, -0.1) is 0 Å². The van der Waals surface area contributed by atoms with E-state index in [1.54, 1.807) is 0 Å². The van der Waals surface area contributed by atoms with Crippen LogP contribution in [0.2, 0.25) is 0 Å². The fourth-order valence-electron chi connectivity index (χ4n) is 2.11. The standard InChI is InChI=1S/C17H23F3N4O3/c1-4-7-21-17(27)10(2)22-13(25)8-24(3)9-14(26)23-12-6-5-11(18)15(19)16(12)20/h5-6,10H,4,7-9H2,1-3H3,(H,21,27)(H,22,25)(H,23,26)/t10-/m0/s1. The van der Waals surface area contributed by atoms with Crippen LogP contribution in [0.5, 0.6) is 0 Å². The number of carbonyl (C=O) groups is 3. The van der Waals surface area contributed by atoms with Crippen molar-refractivity contribution in [2.24, 2.45) is 0 Å². The molecule has 0 radical (unpaired) electrons. The Hall–Kier alpha value is -2.62. The fraction of sp³-hybridized carbons (Fsp3) is 0.471. The molecule has 0 aliphatic rings. The van der Waals surface area contributed by atoms with Crippen molar-refractivity contribution in [2.45, 2.75) is 26.3 Å². The van der Waals surface area contributed by atoms with Gasteiger partial charge in [0, 0.05) is 6.54 Å². The maximum atomic E-state index is 13.5. The van der Waals surface area contributed by atoms with E-state index >= 15 is 0 Å². The summed E-state index contributed by atoms with van der Waals surface area (Å²) in [5, 5.41) is 7.24. The zero-order valence-electron chi connectivity index (χ0n) is 15.4. The molecule has 0 saturated heterocycles. The topological polar surface area (TPSA) is 90.5 Å². The van der Waals surface area contributed by atoms with Crippen molar-refractivity contribution < 1.29 is 27.6 Å². The van der Waals surface area contributed by atoms with Gasteiger partial charge in [0.05, 0.1) is 18.8 Å². The molecule has 0 spiro atoms. The molecule has 1 atom stereocenters. The Morgan fingerprint density at radius 1 is 1.07 bits per heavy atom. The number of hydrogen-bond donors (Lipinski definition) is 3. The molecule has 150 valence electrons. The van der Waals surface area contributed by atoms with Crippen LogP contribution in [0, 0.1) is 17.5 Å². The molecule has 1 rings (SSSR count). The van der Waals surface area contributed by atoms with E-state index in [4.69, 9.17) is 0 Å². The number of halogens is 3. The zero-order valence-corrected chi connectivity index (χ0v) is 15.4. The molecular formula is C17H23F3N4O3. The maximum absolute atomic E-state index is 13.5. The van der Waals surface area contributed by atoms with E-state index in [-0.39, 0.29) is 19.0 Å². The van der Waals surface area contributed by atoms with Gasteiger partial charge in [-0.25, -0.2) is 13.2 Å². The second-order valence-corrected chi connectivity index (χ2v) is 6.02. The van der Waals surface area contributed by atoms with E-state index in [0.29, 0.717) is 12.6 Å². The Morgan fingerprint density at radius 3 is 2.33 bits per heavy atom. The van der Waals surface area contributed by atoms with Crippen molar-refractivity contribution in [1.82, 2.24) is 15.5 Å². The smallest absolute Gasteiger partial charge is 0.242 e. The lowest BCUT2D eigenvalue weighted by Crippen LogP contribution is -2.48. The second kappa shape index (κ2) is 10.5. The molecule has 0 unspecified atom stereocenters. The number of benzene rings is 1. The van der Waals surface area contributed by atoms with Crippen molar-refractivity contribution in [3.63, 3.8) is 0 Å². The van der Waals surface area contributed by atoms with E-state index in [0.717, 1.165) is 12.5 Å².